The topological polar surface area (TPSA) is 48.1 Å². The molecule has 1 rings (SSSR count). The quantitative estimate of drug-likeness (QED) is 0.815. The first kappa shape index (κ1) is 10.5. The van der Waals surface area contributed by atoms with Gasteiger partial charge < -0.3 is 10.5 Å². The first-order valence-corrected chi connectivity index (χ1v) is 5.19. The van der Waals surface area contributed by atoms with Crippen LogP contribution in [0.25, 0.3) is 0 Å². The second-order valence-electron chi connectivity index (χ2n) is 3.75. The summed E-state index contributed by atoms with van der Waals surface area (Å²) in [7, 11) is 0. The van der Waals surface area contributed by atoms with Gasteiger partial charge in [0.15, 0.2) is 5.13 Å². The highest BCUT2D eigenvalue weighted by atomic mass is 32.1. The van der Waals surface area contributed by atoms with Gasteiger partial charge in [-0.25, -0.2) is 4.98 Å². The average Bonchev–Trinajstić information content (AvgIpc) is 2.32. The van der Waals surface area contributed by atoms with Gasteiger partial charge in [-0.15, -0.1) is 11.3 Å². The first-order valence-electron chi connectivity index (χ1n) is 4.31. The summed E-state index contributed by atoms with van der Waals surface area (Å²) in [5, 5.41) is 2.54. The predicted molar refractivity (Wildman–Crippen MR) is 55.8 cm³/mol. The number of nitrogens with two attached hydrogens (primary N) is 1. The zero-order chi connectivity index (χ0) is 10.1. The van der Waals surface area contributed by atoms with E-state index in [1.165, 1.54) is 11.3 Å². The summed E-state index contributed by atoms with van der Waals surface area (Å²) in [6.07, 6.45) is 0.193. The molecule has 0 aliphatic rings. The Morgan fingerprint density at radius 3 is 2.54 bits per heavy atom. The SMILES string of the molecule is CC(C)OC(C)(C)c1csc(N)n1. The maximum Gasteiger partial charge on any atom is 0.180 e. The molecule has 3 nitrogen and oxygen atoms in total. The Balaban J connectivity index is 2.80. The number of nitrogens with zero attached hydrogens (tertiary/aromatic N) is 1. The summed E-state index contributed by atoms with van der Waals surface area (Å²) in [6, 6.07) is 0. The average molecular weight is 200 g/mol. The lowest BCUT2D eigenvalue weighted by molar-refractivity contribution is -0.0623. The standard InChI is InChI=1S/C9H16N2OS/c1-6(2)12-9(3,4)7-5-13-8(10)11-7/h5-6H,1-4H3,(H2,10,11). The minimum Gasteiger partial charge on any atom is -0.375 e. The second-order valence-corrected chi connectivity index (χ2v) is 4.64. The molecule has 1 aromatic rings. The number of ether oxygens (including phenoxy) is 1. The van der Waals surface area contributed by atoms with Crippen LogP contribution in [0.5, 0.6) is 0 Å². The zero-order valence-electron chi connectivity index (χ0n) is 8.50. The fraction of sp³-hybridized carbons (Fsp3) is 0.667. The van der Waals surface area contributed by atoms with Gasteiger partial charge in [-0.3, -0.25) is 0 Å². The van der Waals surface area contributed by atoms with E-state index in [2.05, 4.69) is 4.98 Å². The van der Waals surface area contributed by atoms with E-state index in [0.717, 1.165) is 5.69 Å². The maximum absolute atomic E-state index is 5.73. The molecule has 0 saturated carbocycles. The first-order chi connectivity index (χ1) is 5.92. The molecule has 0 fully saturated rings. The maximum atomic E-state index is 5.73. The Bertz CT molecular complexity index is 281. The number of anilines is 1. The highest BCUT2D eigenvalue weighted by Crippen LogP contribution is 2.27. The van der Waals surface area contributed by atoms with Gasteiger partial charge in [-0.1, -0.05) is 0 Å². The van der Waals surface area contributed by atoms with E-state index >= 15 is 0 Å². The normalized spacial score (nSPS) is 12.4. The van der Waals surface area contributed by atoms with Crippen molar-refractivity contribution in [3.8, 4) is 0 Å². The van der Waals surface area contributed by atoms with Crippen molar-refractivity contribution in [1.82, 2.24) is 4.98 Å². The van der Waals surface area contributed by atoms with Crippen molar-refractivity contribution >= 4 is 16.5 Å². The van der Waals surface area contributed by atoms with Crippen LogP contribution < -0.4 is 5.73 Å². The smallest absolute Gasteiger partial charge is 0.180 e. The molecule has 0 aliphatic heterocycles. The molecule has 0 unspecified atom stereocenters. The van der Waals surface area contributed by atoms with E-state index in [-0.39, 0.29) is 11.7 Å². The van der Waals surface area contributed by atoms with Crippen LogP contribution in [0.2, 0.25) is 0 Å². The molecule has 0 radical (unpaired) electrons. The molecule has 1 aromatic heterocycles. The highest BCUT2D eigenvalue weighted by molar-refractivity contribution is 7.13. The molecule has 0 bridgehead atoms. The molecule has 13 heavy (non-hydrogen) atoms. The van der Waals surface area contributed by atoms with E-state index < -0.39 is 0 Å². The van der Waals surface area contributed by atoms with Crippen molar-refractivity contribution < 1.29 is 4.74 Å². The van der Waals surface area contributed by atoms with Crippen LogP contribution in [0, 0.1) is 0 Å². The van der Waals surface area contributed by atoms with Crippen molar-refractivity contribution in [1.29, 1.82) is 0 Å². The molecule has 0 atom stereocenters. The molecule has 74 valence electrons. The van der Waals surface area contributed by atoms with Crippen molar-refractivity contribution in [2.75, 3.05) is 5.73 Å². The minimum atomic E-state index is -0.345. The van der Waals surface area contributed by atoms with Gasteiger partial charge in [-0.05, 0) is 27.7 Å². The number of thiazole rings is 1. The highest BCUT2D eigenvalue weighted by Gasteiger charge is 2.25. The minimum absolute atomic E-state index is 0.193. The van der Waals surface area contributed by atoms with Crippen LogP contribution in [-0.4, -0.2) is 11.1 Å². The lowest BCUT2D eigenvalue weighted by Gasteiger charge is -2.25. The number of nitrogen functional groups attached to an aromatic ring is 1. The summed E-state index contributed by atoms with van der Waals surface area (Å²) in [5.74, 6) is 0. The Morgan fingerprint density at radius 2 is 2.15 bits per heavy atom. The van der Waals surface area contributed by atoms with E-state index in [9.17, 15) is 0 Å². The van der Waals surface area contributed by atoms with Crippen LogP contribution in [0.4, 0.5) is 5.13 Å². The number of hydrogen-bond donors (Lipinski definition) is 1. The van der Waals surface area contributed by atoms with Crippen LogP contribution in [0.15, 0.2) is 5.38 Å². The molecule has 1 heterocycles. The van der Waals surface area contributed by atoms with Crippen LogP contribution in [0.1, 0.15) is 33.4 Å². The van der Waals surface area contributed by atoms with Gasteiger partial charge in [0.1, 0.15) is 5.60 Å². The van der Waals surface area contributed by atoms with Crippen molar-refractivity contribution in [2.24, 2.45) is 0 Å². The van der Waals surface area contributed by atoms with E-state index in [1.54, 1.807) is 0 Å². The van der Waals surface area contributed by atoms with E-state index in [0.29, 0.717) is 5.13 Å². The third kappa shape index (κ3) is 2.67. The summed E-state index contributed by atoms with van der Waals surface area (Å²) < 4.78 is 5.73. The van der Waals surface area contributed by atoms with Crippen LogP contribution >= 0.6 is 11.3 Å². The Kier molecular flexibility index (Phi) is 2.93. The monoisotopic (exact) mass is 200 g/mol. The summed E-state index contributed by atoms with van der Waals surface area (Å²) >= 11 is 1.45. The summed E-state index contributed by atoms with van der Waals surface area (Å²) in [4.78, 5) is 4.21. The molecule has 0 saturated heterocycles. The number of hydrogen-bond acceptors (Lipinski definition) is 4. The lowest BCUT2D eigenvalue weighted by Crippen LogP contribution is -2.25. The summed E-state index contributed by atoms with van der Waals surface area (Å²) in [5.41, 5.74) is 6.12. The zero-order valence-corrected chi connectivity index (χ0v) is 9.31. The summed E-state index contributed by atoms with van der Waals surface area (Å²) in [6.45, 7) is 8.03. The Morgan fingerprint density at radius 1 is 1.54 bits per heavy atom. The predicted octanol–water partition coefficient (Wildman–Crippen LogP) is 2.39. The van der Waals surface area contributed by atoms with Crippen molar-refractivity contribution in [3.05, 3.63) is 11.1 Å². The third-order valence-electron chi connectivity index (χ3n) is 1.67. The van der Waals surface area contributed by atoms with Crippen LogP contribution in [0.3, 0.4) is 0 Å². The molecule has 0 aromatic carbocycles. The lowest BCUT2D eigenvalue weighted by atomic mass is 10.1. The Hall–Kier alpha value is -0.610. The molecular formula is C9H16N2OS. The van der Waals surface area contributed by atoms with Gasteiger partial charge >= 0.3 is 0 Å². The fourth-order valence-corrected chi connectivity index (χ4v) is 1.93. The van der Waals surface area contributed by atoms with Gasteiger partial charge in [0.2, 0.25) is 0 Å². The van der Waals surface area contributed by atoms with E-state index in [1.807, 2.05) is 33.1 Å². The third-order valence-corrected chi connectivity index (χ3v) is 2.34. The number of aromatic nitrogens is 1. The van der Waals surface area contributed by atoms with Gasteiger partial charge in [0.05, 0.1) is 11.8 Å². The second kappa shape index (κ2) is 3.64. The molecule has 0 aliphatic carbocycles. The Labute approximate surface area is 82.9 Å². The molecule has 0 spiro atoms. The van der Waals surface area contributed by atoms with Crippen LogP contribution in [-0.2, 0) is 10.3 Å². The number of rotatable bonds is 3. The van der Waals surface area contributed by atoms with E-state index in [4.69, 9.17) is 10.5 Å². The molecule has 4 heteroatoms. The van der Waals surface area contributed by atoms with Gasteiger partial charge in [0.25, 0.3) is 0 Å². The fourth-order valence-electron chi connectivity index (χ4n) is 1.21. The molecular weight excluding hydrogens is 184 g/mol. The van der Waals surface area contributed by atoms with Crippen molar-refractivity contribution in [2.45, 2.75) is 39.4 Å². The largest absolute Gasteiger partial charge is 0.375 e. The van der Waals surface area contributed by atoms with Gasteiger partial charge in [0, 0.05) is 5.38 Å². The molecule has 0 amide bonds. The van der Waals surface area contributed by atoms with Gasteiger partial charge in [-0.2, -0.15) is 0 Å². The molecule has 2 N–H and O–H groups in total. The van der Waals surface area contributed by atoms with Crippen molar-refractivity contribution in [3.63, 3.8) is 0 Å².